The van der Waals surface area contributed by atoms with Crippen LogP contribution in [0.1, 0.15) is 32.3 Å². The van der Waals surface area contributed by atoms with Gasteiger partial charge >= 0.3 is 6.18 Å². The second kappa shape index (κ2) is 5.54. The number of halogens is 3. The third kappa shape index (κ3) is 2.80. The maximum Gasteiger partial charge on any atom is 0.410 e. The summed E-state index contributed by atoms with van der Waals surface area (Å²) in [5.41, 5.74) is -1.63. The largest absolute Gasteiger partial charge is 0.410 e. The highest BCUT2D eigenvalue weighted by Gasteiger charge is 2.54. The molecule has 1 aromatic rings. The lowest BCUT2D eigenvalue weighted by Gasteiger charge is -2.37. The van der Waals surface area contributed by atoms with Crippen molar-refractivity contribution < 1.29 is 13.2 Å². The van der Waals surface area contributed by atoms with Gasteiger partial charge in [-0.2, -0.15) is 13.2 Å². The topological polar surface area (TPSA) is 12.0 Å². The maximum absolute atomic E-state index is 13.4. The van der Waals surface area contributed by atoms with E-state index in [0.29, 0.717) is 6.42 Å². The number of rotatable bonds is 5. The first-order valence-electron chi connectivity index (χ1n) is 5.85. The SMILES string of the molecule is CCCC(NCC)(c1ccccc1)C(F)(F)F. The number of hydrogen-bond donors (Lipinski definition) is 1. The fraction of sp³-hybridized carbons (Fsp3) is 0.538. The maximum atomic E-state index is 13.4. The third-order valence-corrected chi connectivity index (χ3v) is 2.85. The van der Waals surface area contributed by atoms with Crippen LogP contribution in [-0.4, -0.2) is 12.7 Å². The molecule has 0 fully saturated rings. The first-order chi connectivity index (χ1) is 7.98. The predicted octanol–water partition coefficient (Wildman–Crippen LogP) is 3.85. The van der Waals surface area contributed by atoms with E-state index in [1.807, 2.05) is 0 Å². The fourth-order valence-electron chi connectivity index (χ4n) is 2.14. The summed E-state index contributed by atoms with van der Waals surface area (Å²) in [5.74, 6) is 0. The van der Waals surface area contributed by atoms with Crippen molar-refractivity contribution in [3.8, 4) is 0 Å². The van der Waals surface area contributed by atoms with E-state index in [1.54, 1.807) is 32.0 Å². The second-order valence-corrected chi connectivity index (χ2v) is 4.05. The molecular formula is C13H18F3N. The molecule has 0 radical (unpaired) electrons. The lowest BCUT2D eigenvalue weighted by atomic mass is 9.84. The van der Waals surface area contributed by atoms with Crippen molar-refractivity contribution in [3.05, 3.63) is 35.9 Å². The highest BCUT2D eigenvalue weighted by molar-refractivity contribution is 5.26. The first-order valence-corrected chi connectivity index (χ1v) is 5.85. The van der Waals surface area contributed by atoms with Crippen LogP contribution in [0.3, 0.4) is 0 Å². The molecule has 0 saturated heterocycles. The summed E-state index contributed by atoms with van der Waals surface area (Å²) in [6.07, 6.45) is -3.77. The van der Waals surface area contributed by atoms with Crippen LogP contribution in [0.4, 0.5) is 13.2 Å². The highest BCUT2D eigenvalue weighted by atomic mass is 19.4. The van der Waals surface area contributed by atoms with Crippen molar-refractivity contribution in [2.24, 2.45) is 0 Å². The smallest absolute Gasteiger partial charge is 0.300 e. The van der Waals surface area contributed by atoms with E-state index >= 15 is 0 Å². The van der Waals surface area contributed by atoms with Crippen LogP contribution < -0.4 is 5.32 Å². The van der Waals surface area contributed by atoms with Crippen LogP contribution >= 0.6 is 0 Å². The molecule has 0 amide bonds. The Hall–Kier alpha value is -1.03. The van der Waals surface area contributed by atoms with Gasteiger partial charge in [-0.05, 0) is 18.5 Å². The van der Waals surface area contributed by atoms with Crippen molar-refractivity contribution in [2.45, 2.75) is 38.4 Å². The minimum absolute atomic E-state index is 0.0500. The van der Waals surface area contributed by atoms with Gasteiger partial charge in [-0.1, -0.05) is 50.6 Å². The molecule has 17 heavy (non-hydrogen) atoms. The van der Waals surface area contributed by atoms with Gasteiger partial charge < -0.3 is 5.32 Å². The van der Waals surface area contributed by atoms with Crippen LogP contribution in [0, 0.1) is 0 Å². The molecule has 1 aromatic carbocycles. The van der Waals surface area contributed by atoms with Gasteiger partial charge in [0, 0.05) is 0 Å². The Kier molecular flexibility index (Phi) is 4.57. The Morgan fingerprint density at radius 2 is 1.65 bits per heavy atom. The number of alkyl halides is 3. The van der Waals surface area contributed by atoms with Crippen molar-refractivity contribution in [3.63, 3.8) is 0 Å². The van der Waals surface area contributed by atoms with E-state index in [2.05, 4.69) is 5.32 Å². The second-order valence-electron chi connectivity index (χ2n) is 4.05. The summed E-state index contributed by atoms with van der Waals surface area (Å²) in [6.45, 7) is 3.74. The lowest BCUT2D eigenvalue weighted by Crippen LogP contribution is -2.53. The van der Waals surface area contributed by atoms with Gasteiger partial charge in [0.05, 0.1) is 0 Å². The molecular weight excluding hydrogens is 227 g/mol. The summed E-state index contributed by atoms with van der Waals surface area (Å²) in [4.78, 5) is 0. The molecule has 0 aliphatic carbocycles. The summed E-state index contributed by atoms with van der Waals surface area (Å²) >= 11 is 0. The monoisotopic (exact) mass is 245 g/mol. The number of benzene rings is 1. The Morgan fingerprint density at radius 3 is 2.06 bits per heavy atom. The molecule has 1 unspecified atom stereocenters. The van der Waals surface area contributed by atoms with Crippen LogP contribution in [0.2, 0.25) is 0 Å². The van der Waals surface area contributed by atoms with Crippen LogP contribution in [0.5, 0.6) is 0 Å². The molecule has 1 nitrogen and oxygen atoms in total. The summed E-state index contributed by atoms with van der Waals surface area (Å²) in [7, 11) is 0. The van der Waals surface area contributed by atoms with Gasteiger partial charge in [0.15, 0.2) is 0 Å². The van der Waals surface area contributed by atoms with Crippen LogP contribution in [0.15, 0.2) is 30.3 Å². The van der Waals surface area contributed by atoms with Gasteiger partial charge in [-0.15, -0.1) is 0 Å². The zero-order valence-corrected chi connectivity index (χ0v) is 10.1. The molecule has 0 aromatic heterocycles. The molecule has 1 rings (SSSR count). The minimum atomic E-state index is -4.29. The van der Waals surface area contributed by atoms with E-state index in [-0.39, 0.29) is 18.5 Å². The molecule has 4 heteroatoms. The van der Waals surface area contributed by atoms with Gasteiger partial charge in [0.25, 0.3) is 0 Å². The molecule has 0 heterocycles. The van der Waals surface area contributed by atoms with Gasteiger partial charge in [0.2, 0.25) is 0 Å². The van der Waals surface area contributed by atoms with E-state index in [4.69, 9.17) is 0 Å². The van der Waals surface area contributed by atoms with E-state index in [0.717, 1.165) is 0 Å². The molecule has 0 aliphatic heterocycles. The van der Waals surface area contributed by atoms with Crippen LogP contribution in [-0.2, 0) is 5.54 Å². The number of hydrogen-bond acceptors (Lipinski definition) is 1. The zero-order valence-electron chi connectivity index (χ0n) is 10.1. The summed E-state index contributed by atoms with van der Waals surface area (Å²) in [6, 6.07) is 8.08. The molecule has 0 bridgehead atoms. The summed E-state index contributed by atoms with van der Waals surface area (Å²) in [5, 5.41) is 2.63. The Morgan fingerprint density at radius 1 is 1.06 bits per heavy atom. The zero-order chi connectivity index (χ0) is 12.9. The Bertz CT molecular complexity index is 326. The summed E-state index contributed by atoms with van der Waals surface area (Å²) < 4.78 is 40.1. The van der Waals surface area contributed by atoms with Crippen molar-refractivity contribution in [1.29, 1.82) is 0 Å². The van der Waals surface area contributed by atoms with Gasteiger partial charge in [-0.25, -0.2) is 0 Å². The van der Waals surface area contributed by atoms with Gasteiger partial charge in [-0.3, -0.25) is 0 Å². The standard InChI is InChI=1S/C13H18F3N/c1-3-10-12(17-4-2,13(14,15)16)11-8-6-5-7-9-11/h5-9,17H,3-4,10H2,1-2H3. The van der Waals surface area contributed by atoms with E-state index in [9.17, 15) is 13.2 Å². The molecule has 1 atom stereocenters. The Labute approximate surface area is 100 Å². The van der Waals surface area contributed by atoms with E-state index < -0.39 is 11.7 Å². The fourth-order valence-corrected chi connectivity index (χ4v) is 2.14. The average Bonchev–Trinajstić information content (AvgIpc) is 2.28. The van der Waals surface area contributed by atoms with Gasteiger partial charge in [0.1, 0.15) is 5.54 Å². The highest BCUT2D eigenvalue weighted by Crippen LogP contribution is 2.42. The van der Waals surface area contributed by atoms with Crippen molar-refractivity contribution in [2.75, 3.05) is 6.54 Å². The first kappa shape index (κ1) is 14.0. The molecule has 0 aliphatic rings. The quantitative estimate of drug-likeness (QED) is 0.830. The molecule has 0 spiro atoms. The average molecular weight is 245 g/mol. The van der Waals surface area contributed by atoms with E-state index in [1.165, 1.54) is 12.1 Å². The van der Waals surface area contributed by atoms with Crippen molar-refractivity contribution >= 4 is 0 Å². The predicted molar refractivity (Wildman–Crippen MR) is 62.8 cm³/mol. The Balaban J connectivity index is 3.25. The minimum Gasteiger partial charge on any atom is -0.300 e. The third-order valence-electron chi connectivity index (χ3n) is 2.85. The normalized spacial score (nSPS) is 15.6. The number of nitrogens with one attached hydrogen (secondary N) is 1. The molecule has 96 valence electrons. The molecule has 1 N–H and O–H groups in total. The lowest BCUT2D eigenvalue weighted by molar-refractivity contribution is -0.203. The van der Waals surface area contributed by atoms with Crippen LogP contribution in [0.25, 0.3) is 0 Å². The van der Waals surface area contributed by atoms with Crippen molar-refractivity contribution in [1.82, 2.24) is 5.32 Å². The molecule has 0 saturated carbocycles.